The molecule has 6 nitrogen and oxygen atoms in total. The standard InChI is InChI=1S/C34H36N2O4/c1-3-4-18-31(36-23-24(2)19-29(34(36)40)20-25-12-7-5-8-13-25)33(39)35-30(22-32(37)38)28-17-11-16-27(21-28)26-14-9-6-10-15-26/h5-17,19,21,23,30-31H,3-4,18,20,22H2,1-2H3,(H,35,39)(H,37,38)/t30-,31-/m0/s1. The zero-order valence-electron chi connectivity index (χ0n) is 23.0. The predicted octanol–water partition coefficient (Wildman–Crippen LogP) is 6.48. The fourth-order valence-electron chi connectivity index (χ4n) is 5.05. The number of unbranched alkanes of at least 4 members (excludes halogenated alkanes) is 1. The number of hydrogen-bond acceptors (Lipinski definition) is 3. The molecule has 0 bridgehead atoms. The number of rotatable bonds is 12. The Morgan fingerprint density at radius 1 is 0.900 bits per heavy atom. The molecule has 0 radical (unpaired) electrons. The SMILES string of the molecule is CCCC[C@@H](C(=O)N[C@@H](CC(=O)O)c1cccc(-c2ccccc2)c1)n1cc(C)cc(Cc2ccccc2)c1=O. The van der Waals surface area contributed by atoms with Gasteiger partial charge in [0, 0.05) is 18.2 Å². The summed E-state index contributed by atoms with van der Waals surface area (Å²) in [4.78, 5) is 39.3. The van der Waals surface area contributed by atoms with E-state index in [1.807, 2.05) is 105 Å². The summed E-state index contributed by atoms with van der Waals surface area (Å²) in [5.74, 6) is -1.37. The minimum atomic E-state index is -1.02. The van der Waals surface area contributed by atoms with Crippen molar-refractivity contribution in [3.8, 4) is 11.1 Å². The lowest BCUT2D eigenvalue weighted by Gasteiger charge is -2.25. The summed E-state index contributed by atoms with van der Waals surface area (Å²) in [6.45, 7) is 3.96. The van der Waals surface area contributed by atoms with Crippen molar-refractivity contribution in [2.45, 2.75) is 58.0 Å². The van der Waals surface area contributed by atoms with Gasteiger partial charge in [0.15, 0.2) is 0 Å². The molecule has 2 atom stereocenters. The van der Waals surface area contributed by atoms with Gasteiger partial charge in [-0.3, -0.25) is 14.4 Å². The quantitative estimate of drug-likeness (QED) is 0.217. The first-order valence-corrected chi connectivity index (χ1v) is 13.8. The monoisotopic (exact) mass is 536 g/mol. The van der Waals surface area contributed by atoms with Crippen molar-refractivity contribution in [1.82, 2.24) is 9.88 Å². The van der Waals surface area contributed by atoms with E-state index in [4.69, 9.17) is 0 Å². The van der Waals surface area contributed by atoms with Gasteiger partial charge in [-0.05, 0) is 53.3 Å². The highest BCUT2D eigenvalue weighted by Crippen LogP contribution is 2.26. The van der Waals surface area contributed by atoms with Crippen molar-refractivity contribution < 1.29 is 14.7 Å². The van der Waals surface area contributed by atoms with Gasteiger partial charge in [0.25, 0.3) is 5.56 Å². The average Bonchev–Trinajstić information content (AvgIpc) is 2.96. The number of aliphatic carboxylic acids is 1. The average molecular weight is 537 g/mol. The Labute approximate surface area is 235 Å². The van der Waals surface area contributed by atoms with Crippen LogP contribution in [0.25, 0.3) is 11.1 Å². The van der Waals surface area contributed by atoms with Gasteiger partial charge >= 0.3 is 5.97 Å². The molecule has 1 aromatic heterocycles. The Kier molecular flexibility index (Phi) is 9.68. The van der Waals surface area contributed by atoms with Crippen LogP contribution in [0.5, 0.6) is 0 Å². The highest BCUT2D eigenvalue weighted by molar-refractivity contribution is 5.82. The first kappa shape index (κ1) is 28.6. The molecule has 0 spiro atoms. The van der Waals surface area contributed by atoms with Gasteiger partial charge in [-0.2, -0.15) is 0 Å². The number of carboxylic acids is 1. The summed E-state index contributed by atoms with van der Waals surface area (Å²) in [5.41, 5.74) is 4.97. The highest BCUT2D eigenvalue weighted by Gasteiger charge is 2.27. The van der Waals surface area contributed by atoms with Crippen LogP contribution in [0.2, 0.25) is 0 Å². The summed E-state index contributed by atoms with van der Waals surface area (Å²) < 4.78 is 1.54. The molecule has 4 rings (SSSR count). The smallest absolute Gasteiger partial charge is 0.305 e. The van der Waals surface area contributed by atoms with Crippen LogP contribution < -0.4 is 10.9 Å². The van der Waals surface area contributed by atoms with E-state index in [1.54, 1.807) is 6.20 Å². The van der Waals surface area contributed by atoms with E-state index in [0.717, 1.165) is 35.1 Å². The van der Waals surface area contributed by atoms with Crippen LogP contribution in [0.4, 0.5) is 0 Å². The molecule has 0 unspecified atom stereocenters. The third kappa shape index (κ3) is 7.35. The Morgan fingerprint density at radius 2 is 1.57 bits per heavy atom. The van der Waals surface area contributed by atoms with Crippen LogP contribution in [0.1, 0.15) is 66.9 Å². The maximum Gasteiger partial charge on any atom is 0.305 e. The van der Waals surface area contributed by atoms with Crippen molar-refractivity contribution >= 4 is 11.9 Å². The van der Waals surface area contributed by atoms with Gasteiger partial charge < -0.3 is 15.0 Å². The molecule has 2 N–H and O–H groups in total. The van der Waals surface area contributed by atoms with E-state index in [-0.39, 0.29) is 17.9 Å². The van der Waals surface area contributed by atoms with Crippen molar-refractivity contribution in [1.29, 1.82) is 0 Å². The zero-order chi connectivity index (χ0) is 28.5. The normalized spacial score (nSPS) is 12.4. The third-order valence-corrected chi connectivity index (χ3v) is 7.05. The first-order chi connectivity index (χ1) is 19.4. The molecule has 4 aromatic rings. The Hall–Kier alpha value is -4.45. The maximum absolute atomic E-state index is 13.8. The van der Waals surface area contributed by atoms with E-state index >= 15 is 0 Å². The summed E-state index contributed by atoms with van der Waals surface area (Å²) in [7, 11) is 0. The minimum Gasteiger partial charge on any atom is -0.481 e. The second kappa shape index (κ2) is 13.6. The Bertz CT molecular complexity index is 1500. The number of carbonyl (C=O) groups is 2. The molecule has 1 amide bonds. The van der Waals surface area contributed by atoms with E-state index in [2.05, 4.69) is 5.32 Å². The Balaban J connectivity index is 1.67. The number of hydrogen-bond donors (Lipinski definition) is 2. The van der Waals surface area contributed by atoms with E-state index in [1.165, 1.54) is 4.57 Å². The molecule has 1 heterocycles. The fourth-order valence-corrected chi connectivity index (χ4v) is 5.05. The van der Waals surface area contributed by atoms with Crippen LogP contribution >= 0.6 is 0 Å². The molecular weight excluding hydrogens is 500 g/mol. The van der Waals surface area contributed by atoms with Gasteiger partial charge in [0.1, 0.15) is 6.04 Å². The molecular formula is C34H36N2O4. The molecule has 0 aliphatic heterocycles. The lowest BCUT2D eigenvalue weighted by atomic mass is 9.97. The molecule has 206 valence electrons. The lowest BCUT2D eigenvalue weighted by molar-refractivity contribution is -0.137. The number of nitrogens with zero attached hydrogens (tertiary/aromatic N) is 1. The van der Waals surface area contributed by atoms with Gasteiger partial charge in [-0.1, -0.05) is 98.6 Å². The topological polar surface area (TPSA) is 88.4 Å². The second-order valence-corrected chi connectivity index (χ2v) is 10.2. The lowest BCUT2D eigenvalue weighted by Crippen LogP contribution is -2.40. The molecule has 0 aliphatic rings. The summed E-state index contributed by atoms with van der Waals surface area (Å²) in [6.07, 6.45) is 4.02. The van der Waals surface area contributed by atoms with E-state index in [0.29, 0.717) is 24.0 Å². The zero-order valence-corrected chi connectivity index (χ0v) is 23.0. The fraction of sp³-hybridized carbons (Fsp3) is 0.265. The van der Waals surface area contributed by atoms with Crippen LogP contribution in [0.15, 0.2) is 102 Å². The predicted molar refractivity (Wildman–Crippen MR) is 158 cm³/mol. The Morgan fingerprint density at radius 3 is 2.25 bits per heavy atom. The highest BCUT2D eigenvalue weighted by atomic mass is 16.4. The number of amides is 1. The third-order valence-electron chi connectivity index (χ3n) is 7.05. The number of nitrogens with one attached hydrogen (secondary N) is 1. The van der Waals surface area contributed by atoms with Gasteiger partial charge in [0.05, 0.1) is 12.5 Å². The molecule has 0 saturated heterocycles. The molecule has 0 aliphatic carbocycles. The molecule has 6 heteroatoms. The number of pyridine rings is 1. The number of aryl methyl sites for hydroxylation is 1. The van der Waals surface area contributed by atoms with Crippen LogP contribution in [0.3, 0.4) is 0 Å². The number of benzene rings is 3. The number of carbonyl (C=O) groups excluding carboxylic acids is 1. The summed E-state index contributed by atoms with van der Waals surface area (Å²) >= 11 is 0. The first-order valence-electron chi connectivity index (χ1n) is 13.8. The van der Waals surface area contributed by atoms with E-state index < -0.39 is 18.1 Å². The molecule has 3 aromatic carbocycles. The molecule has 40 heavy (non-hydrogen) atoms. The minimum absolute atomic E-state index is 0.202. The van der Waals surface area contributed by atoms with Crippen molar-refractivity contribution in [3.63, 3.8) is 0 Å². The number of carboxylic acid groups (broad SMARTS) is 1. The number of aromatic nitrogens is 1. The molecule has 0 saturated carbocycles. The van der Waals surface area contributed by atoms with E-state index in [9.17, 15) is 19.5 Å². The largest absolute Gasteiger partial charge is 0.481 e. The van der Waals surface area contributed by atoms with Crippen molar-refractivity contribution in [3.05, 3.63) is 130 Å². The second-order valence-electron chi connectivity index (χ2n) is 10.2. The van der Waals surface area contributed by atoms with Gasteiger partial charge in [-0.25, -0.2) is 0 Å². The molecule has 0 fully saturated rings. The summed E-state index contributed by atoms with van der Waals surface area (Å²) in [6, 6.07) is 27.5. The van der Waals surface area contributed by atoms with Gasteiger partial charge in [0.2, 0.25) is 5.91 Å². The summed E-state index contributed by atoms with van der Waals surface area (Å²) in [5, 5.41) is 12.7. The van der Waals surface area contributed by atoms with Crippen molar-refractivity contribution in [2.24, 2.45) is 0 Å². The van der Waals surface area contributed by atoms with Crippen LogP contribution in [-0.4, -0.2) is 21.6 Å². The van der Waals surface area contributed by atoms with Gasteiger partial charge in [-0.15, -0.1) is 0 Å². The van der Waals surface area contributed by atoms with Crippen molar-refractivity contribution in [2.75, 3.05) is 0 Å². The van der Waals surface area contributed by atoms with Crippen LogP contribution in [-0.2, 0) is 16.0 Å². The maximum atomic E-state index is 13.8. The van der Waals surface area contributed by atoms with Crippen LogP contribution in [0, 0.1) is 6.92 Å².